The molecule has 0 fully saturated rings. The molecule has 0 spiro atoms. The summed E-state index contributed by atoms with van der Waals surface area (Å²) < 4.78 is 6.04. The molecule has 8 heteroatoms. The Balaban J connectivity index is 0.00000450. The minimum Gasteiger partial charge on any atom is -0.492 e. The first-order valence-electron chi connectivity index (χ1n) is 10.5. The molecule has 2 rings (SSSR count). The Hall–Kier alpha value is -1.39. The summed E-state index contributed by atoms with van der Waals surface area (Å²) in [5, 5.41) is 7.91. The lowest BCUT2D eigenvalue weighted by Gasteiger charge is -2.19. The average molecular weight is 546 g/mol. The molecule has 1 aromatic heterocycles. The first-order chi connectivity index (χ1) is 14.2. The maximum atomic E-state index is 6.04. The number of ether oxygens (including phenoxy) is 1. The summed E-state index contributed by atoms with van der Waals surface area (Å²) in [6.07, 6.45) is 3.92. The van der Waals surface area contributed by atoms with E-state index in [2.05, 4.69) is 52.3 Å². The smallest absolute Gasteiger partial charge is 0.191 e. The van der Waals surface area contributed by atoms with Gasteiger partial charge in [-0.2, -0.15) is 0 Å². The Bertz CT molecular complexity index is 749. The largest absolute Gasteiger partial charge is 0.492 e. The van der Waals surface area contributed by atoms with Crippen molar-refractivity contribution < 1.29 is 4.74 Å². The minimum absolute atomic E-state index is 0. The van der Waals surface area contributed by atoms with Gasteiger partial charge in [0.15, 0.2) is 5.96 Å². The first kappa shape index (κ1) is 26.6. The Morgan fingerprint density at radius 2 is 1.93 bits per heavy atom. The van der Waals surface area contributed by atoms with Crippen molar-refractivity contribution in [3.63, 3.8) is 0 Å². The van der Waals surface area contributed by atoms with Crippen molar-refractivity contribution in [1.29, 1.82) is 0 Å². The molecule has 2 aromatic rings. The van der Waals surface area contributed by atoms with Crippen LogP contribution in [0.15, 0.2) is 35.5 Å². The van der Waals surface area contributed by atoms with Crippen LogP contribution in [0.3, 0.4) is 0 Å². The molecule has 0 amide bonds. The number of thiazole rings is 1. The van der Waals surface area contributed by atoms with Gasteiger partial charge in [-0.05, 0) is 25.6 Å². The van der Waals surface area contributed by atoms with Gasteiger partial charge in [-0.3, -0.25) is 4.99 Å². The van der Waals surface area contributed by atoms with E-state index in [1.54, 1.807) is 18.4 Å². The van der Waals surface area contributed by atoms with E-state index >= 15 is 0 Å². The van der Waals surface area contributed by atoms with Crippen LogP contribution in [-0.2, 0) is 19.4 Å². The second-order valence-corrected chi connectivity index (χ2v) is 7.86. The summed E-state index contributed by atoms with van der Waals surface area (Å²) in [6.45, 7) is 11.7. The zero-order valence-electron chi connectivity index (χ0n) is 18.6. The molecule has 6 nitrogen and oxygen atoms in total. The number of rotatable bonds is 12. The Kier molecular flexibility index (Phi) is 13.7. The SMILES string of the molecule is CCc1cnc(CCNC(=NC)NCc2ccccc2OCCN(CC)CC)s1.I. The van der Waals surface area contributed by atoms with E-state index in [9.17, 15) is 0 Å². The number of hydrogen-bond acceptors (Lipinski definition) is 5. The van der Waals surface area contributed by atoms with Gasteiger partial charge >= 0.3 is 0 Å². The fourth-order valence-electron chi connectivity index (χ4n) is 2.93. The van der Waals surface area contributed by atoms with Gasteiger partial charge in [-0.15, -0.1) is 35.3 Å². The fourth-order valence-corrected chi connectivity index (χ4v) is 3.79. The maximum Gasteiger partial charge on any atom is 0.191 e. The second kappa shape index (κ2) is 15.4. The number of guanidine groups is 1. The molecule has 0 aliphatic heterocycles. The van der Waals surface area contributed by atoms with Crippen LogP contribution in [0, 0.1) is 0 Å². The van der Waals surface area contributed by atoms with E-state index in [1.807, 2.05) is 24.4 Å². The minimum atomic E-state index is 0. The van der Waals surface area contributed by atoms with Gasteiger partial charge in [0.2, 0.25) is 0 Å². The van der Waals surface area contributed by atoms with Gasteiger partial charge in [0, 0.05) is 49.7 Å². The lowest BCUT2D eigenvalue weighted by atomic mass is 10.2. The molecular weight excluding hydrogens is 509 g/mol. The monoisotopic (exact) mass is 545 g/mol. The topological polar surface area (TPSA) is 61.8 Å². The normalized spacial score (nSPS) is 11.3. The predicted molar refractivity (Wildman–Crippen MR) is 139 cm³/mol. The van der Waals surface area contributed by atoms with Gasteiger partial charge in [-0.1, -0.05) is 39.0 Å². The molecule has 0 radical (unpaired) electrons. The molecule has 0 unspecified atom stereocenters. The third kappa shape index (κ3) is 9.18. The molecule has 0 saturated heterocycles. The highest BCUT2D eigenvalue weighted by Crippen LogP contribution is 2.17. The number of aliphatic imine (C=N–C) groups is 1. The van der Waals surface area contributed by atoms with Gasteiger partial charge in [0.25, 0.3) is 0 Å². The highest BCUT2D eigenvalue weighted by atomic mass is 127. The number of nitrogens with one attached hydrogen (secondary N) is 2. The molecule has 0 bridgehead atoms. The van der Waals surface area contributed by atoms with Crippen molar-refractivity contribution in [1.82, 2.24) is 20.5 Å². The molecule has 168 valence electrons. The summed E-state index contributed by atoms with van der Waals surface area (Å²) in [5.41, 5.74) is 1.13. The van der Waals surface area contributed by atoms with Crippen molar-refractivity contribution in [2.24, 2.45) is 4.99 Å². The number of para-hydroxylation sites is 1. The van der Waals surface area contributed by atoms with Crippen LogP contribution < -0.4 is 15.4 Å². The van der Waals surface area contributed by atoms with Crippen molar-refractivity contribution in [3.05, 3.63) is 45.9 Å². The summed E-state index contributed by atoms with van der Waals surface area (Å²) >= 11 is 1.79. The van der Waals surface area contributed by atoms with Crippen LogP contribution in [0.2, 0.25) is 0 Å². The summed E-state index contributed by atoms with van der Waals surface area (Å²) in [7, 11) is 1.79. The number of benzene rings is 1. The number of aromatic nitrogens is 1. The van der Waals surface area contributed by atoms with Crippen LogP contribution in [0.25, 0.3) is 0 Å². The van der Waals surface area contributed by atoms with E-state index in [4.69, 9.17) is 4.74 Å². The van der Waals surface area contributed by atoms with Crippen LogP contribution in [0.4, 0.5) is 0 Å². The lowest BCUT2D eigenvalue weighted by molar-refractivity contribution is 0.221. The average Bonchev–Trinajstić information content (AvgIpc) is 3.22. The fraction of sp³-hybridized carbons (Fsp3) is 0.545. The van der Waals surface area contributed by atoms with Crippen molar-refractivity contribution in [2.75, 3.05) is 39.8 Å². The van der Waals surface area contributed by atoms with E-state index in [-0.39, 0.29) is 24.0 Å². The van der Waals surface area contributed by atoms with Gasteiger partial charge < -0.3 is 20.3 Å². The molecule has 2 N–H and O–H groups in total. The van der Waals surface area contributed by atoms with E-state index in [1.165, 1.54) is 4.88 Å². The molecule has 0 aliphatic carbocycles. The molecule has 0 aliphatic rings. The standard InChI is InChI=1S/C22H35N5OS.HI/c1-5-19-17-25-21(29-19)12-13-24-22(23-4)26-16-18-10-8-9-11-20(18)28-15-14-27(6-2)7-3;/h8-11,17H,5-7,12-16H2,1-4H3,(H2,23,24,26);1H. The third-order valence-electron chi connectivity index (χ3n) is 4.78. The van der Waals surface area contributed by atoms with Gasteiger partial charge in [0.05, 0.1) is 5.01 Å². The van der Waals surface area contributed by atoms with Crippen LogP contribution in [0.5, 0.6) is 5.75 Å². The third-order valence-corrected chi connectivity index (χ3v) is 5.98. The number of nitrogens with zero attached hydrogens (tertiary/aromatic N) is 3. The Labute approximate surface area is 202 Å². The van der Waals surface area contributed by atoms with Crippen LogP contribution in [0.1, 0.15) is 36.2 Å². The van der Waals surface area contributed by atoms with E-state index < -0.39 is 0 Å². The zero-order chi connectivity index (χ0) is 20.9. The van der Waals surface area contributed by atoms with Crippen molar-refractivity contribution in [3.8, 4) is 5.75 Å². The Morgan fingerprint density at radius 1 is 1.17 bits per heavy atom. The summed E-state index contributed by atoms with van der Waals surface area (Å²) in [5.74, 6) is 1.72. The second-order valence-electron chi connectivity index (χ2n) is 6.66. The van der Waals surface area contributed by atoms with Crippen LogP contribution in [-0.4, -0.2) is 55.7 Å². The van der Waals surface area contributed by atoms with Crippen molar-refractivity contribution >= 4 is 41.3 Å². The number of halogens is 1. The molecule has 1 heterocycles. The lowest BCUT2D eigenvalue weighted by Crippen LogP contribution is -2.38. The highest BCUT2D eigenvalue weighted by Gasteiger charge is 2.06. The molecule has 30 heavy (non-hydrogen) atoms. The maximum absolute atomic E-state index is 6.04. The van der Waals surface area contributed by atoms with Gasteiger partial charge in [-0.25, -0.2) is 4.98 Å². The predicted octanol–water partition coefficient (Wildman–Crippen LogP) is 3.95. The number of aryl methyl sites for hydroxylation is 1. The summed E-state index contributed by atoms with van der Waals surface area (Å²) in [6, 6.07) is 8.18. The molecular formula is C22H36IN5OS. The number of likely N-dealkylation sites (N-methyl/N-ethyl adjacent to an activating group) is 1. The van der Waals surface area contributed by atoms with E-state index in [0.717, 1.165) is 61.3 Å². The van der Waals surface area contributed by atoms with Crippen molar-refractivity contribution in [2.45, 2.75) is 40.2 Å². The molecule has 0 saturated carbocycles. The highest BCUT2D eigenvalue weighted by molar-refractivity contribution is 14.0. The molecule has 0 atom stereocenters. The molecule has 1 aromatic carbocycles. The Morgan fingerprint density at radius 3 is 2.60 bits per heavy atom. The first-order valence-corrected chi connectivity index (χ1v) is 11.3. The van der Waals surface area contributed by atoms with Gasteiger partial charge in [0.1, 0.15) is 12.4 Å². The van der Waals surface area contributed by atoms with Crippen LogP contribution >= 0.6 is 35.3 Å². The summed E-state index contributed by atoms with van der Waals surface area (Å²) in [4.78, 5) is 12.5. The quantitative estimate of drug-likeness (QED) is 0.240. The number of hydrogen-bond donors (Lipinski definition) is 2. The zero-order valence-corrected chi connectivity index (χ0v) is 21.8. The van der Waals surface area contributed by atoms with E-state index in [0.29, 0.717) is 13.2 Å².